The van der Waals surface area contributed by atoms with E-state index in [0.29, 0.717) is 12.2 Å². The summed E-state index contributed by atoms with van der Waals surface area (Å²) in [5, 5.41) is 12.5. The molecule has 1 aliphatic carbocycles. The van der Waals surface area contributed by atoms with Crippen LogP contribution in [0.2, 0.25) is 0 Å². The number of benzene rings is 1. The van der Waals surface area contributed by atoms with Gasteiger partial charge in [-0.05, 0) is 46.9 Å². The number of ether oxygens (including phenoxy) is 3. The highest BCUT2D eigenvalue weighted by Gasteiger charge is 2.80. The Kier molecular flexibility index (Phi) is 5.35. The van der Waals surface area contributed by atoms with Gasteiger partial charge in [0.05, 0.1) is 24.7 Å². The highest BCUT2D eigenvalue weighted by molar-refractivity contribution is 9.10. The first-order chi connectivity index (χ1) is 16.1. The van der Waals surface area contributed by atoms with Crippen molar-refractivity contribution >= 4 is 33.6 Å². The number of carbonyl (C=O) groups is 2. The zero-order chi connectivity index (χ0) is 24.6. The summed E-state index contributed by atoms with van der Waals surface area (Å²) >= 11 is 3.65. The van der Waals surface area contributed by atoms with Crippen molar-refractivity contribution in [3.63, 3.8) is 0 Å². The molecule has 0 unspecified atom stereocenters. The molecule has 1 N–H and O–H groups in total. The van der Waals surface area contributed by atoms with Crippen LogP contribution in [0.4, 0.5) is 5.69 Å². The molecule has 1 saturated carbocycles. The van der Waals surface area contributed by atoms with Crippen LogP contribution in [-0.4, -0.2) is 80.1 Å². The Morgan fingerprint density at radius 3 is 2.62 bits per heavy atom. The topological polar surface area (TPSA) is 88.5 Å². The highest BCUT2D eigenvalue weighted by Crippen LogP contribution is 2.67. The lowest BCUT2D eigenvalue weighted by atomic mass is 9.47. The van der Waals surface area contributed by atoms with Crippen LogP contribution in [-0.2, 0) is 24.5 Å². The number of methoxy groups -OCH3 is 2. The van der Waals surface area contributed by atoms with Crippen molar-refractivity contribution in [2.45, 2.75) is 55.9 Å². The molecule has 3 heterocycles. The monoisotopic (exact) mass is 534 g/mol. The van der Waals surface area contributed by atoms with Crippen LogP contribution in [0.5, 0.6) is 5.75 Å². The largest absolute Gasteiger partial charge is 0.495 e. The number of esters is 2. The van der Waals surface area contributed by atoms with Crippen LogP contribution in [0.1, 0.15) is 32.3 Å². The van der Waals surface area contributed by atoms with Gasteiger partial charge < -0.3 is 24.2 Å². The molecule has 0 aromatic heterocycles. The molecule has 1 aromatic rings. The minimum Gasteiger partial charge on any atom is -0.495 e. The van der Waals surface area contributed by atoms with Crippen LogP contribution in [0, 0.1) is 5.41 Å². The molecule has 1 saturated heterocycles. The van der Waals surface area contributed by atoms with Gasteiger partial charge in [0, 0.05) is 49.1 Å². The number of carbonyl (C=O) groups excluding carboxylic acids is 2. The molecule has 2 fully saturated rings. The third-order valence-electron chi connectivity index (χ3n) is 8.68. The summed E-state index contributed by atoms with van der Waals surface area (Å²) in [6.07, 6.45) is 4.34. The van der Waals surface area contributed by atoms with Gasteiger partial charge in [0.25, 0.3) is 0 Å². The molecule has 0 bridgehead atoms. The van der Waals surface area contributed by atoms with Crippen molar-refractivity contribution in [2.24, 2.45) is 5.41 Å². The molecule has 6 atom stereocenters. The number of hydrogen-bond donors (Lipinski definition) is 1. The molecule has 3 aliphatic heterocycles. The number of rotatable bonds is 4. The molecular formula is C25H31BrN2O6. The maximum absolute atomic E-state index is 13.6. The minimum absolute atomic E-state index is 0.0849. The van der Waals surface area contributed by atoms with Crippen molar-refractivity contribution in [1.82, 2.24) is 4.90 Å². The Morgan fingerprint density at radius 1 is 1.26 bits per heavy atom. The van der Waals surface area contributed by atoms with Crippen LogP contribution >= 0.6 is 15.9 Å². The fourth-order valence-electron chi connectivity index (χ4n) is 7.71. The smallest absolute Gasteiger partial charge is 0.344 e. The van der Waals surface area contributed by atoms with Gasteiger partial charge in [-0.15, -0.1) is 0 Å². The number of hydrogen-bond acceptors (Lipinski definition) is 8. The van der Waals surface area contributed by atoms with E-state index in [1.165, 1.54) is 14.0 Å². The normalized spacial score (nSPS) is 37.6. The van der Waals surface area contributed by atoms with Crippen LogP contribution < -0.4 is 9.64 Å². The number of nitrogens with zero attached hydrogens (tertiary/aromatic N) is 2. The summed E-state index contributed by atoms with van der Waals surface area (Å²) < 4.78 is 17.5. The quantitative estimate of drug-likeness (QED) is 0.465. The number of anilines is 1. The lowest BCUT2D eigenvalue weighted by molar-refractivity contribution is -0.228. The summed E-state index contributed by atoms with van der Waals surface area (Å²) in [5.41, 5.74) is -1.54. The molecule has 0 amide bonds. The van der Waals surface area contributed by atoms with Gasteiger partial charge in [0.2, 0.25) is 5.60 Å². The van der Waals surface area contributed by atoms with Gasteiger partial charge in [-0.1, -0.05) is 19.1 Å². The van der Waals surface area contributed by atoms with Crippen molar-refractivity contribution in [3.05, 3.63) is 34.3 Å². The Balaban J connectivity index is 1.88. The predicted octanol–water partition coefficient (Wildman–Crippen LogP) is 2.40. The van der Waals surface area contributed by atoms with Gasteiger partial charge in [0.1, 0.15) is 5.75 Å². The van der Waals surface area contributed by atoms with Crippen LogP contribution in [0.3, 0.4) is 0 Å². The molecule has 184 valence electrons. The Bertz CT molecular complexity index is 1090. The van der Waals surface area contributed by atoms with E-state index in [2.05, 4.69) is 39.0 Å². The van der Waals surface area contributed by atoms with Gasteiger partial charge in [-0.3, -0.25) is 9.69 Å². The first-order valence-electron chi connectivity index (χ1n) is 11.6. The third-order valence-corrected chi connectivity index (χ3v) is 9.30. The van der Waals surface area contributed by atoms with E-state index in [1.54, 1.807) is 7.11 Å². The molecule has 1 spiro atoms. The molecule has 5 rings (SSSR count). The highest BCUT2D eigenvalue weighted by atomic mass is 79.9. The summed E-state index contributed by atoms with van der Waals surface area (Å²) in [6.45, 7) is 4.91. The molecule has 4 aliphatic rings. The second-order valence-electron chi connectivity index (χ2n) is 9.88. The lowest BCUT2D eigenvalue weighted by Crippen LogP contribution is -2.81. The molecule has 0 radical (unpaired) electrons. The van der Waals surface area contributed by atoms with Crippen LogP contribution in [0.25, 0.3) is 0 Å². The summed E-state index contributed by atoms with van der Waals surface area (Å²) in [6, 6.07) is 3.22. The summed E-state index contributed by atoms with van der Waals surface area (Å²) in [4.78, 5) is 30.3. The summed E-state index contributed by atoms with van der Waals surface area (Å²) in [7, 11) is 4.76. The van der Waals surface area contributed by atoms with E-state index in [4.69, 9.17) is 14.2 Å². The Hall–Kier alpha value is -2.10. The van der Waals surface area contributed by atoms with Crippen molar-refractivity contribution < 1.29 is 28.9 Å². The Labute approximate surface area is 207 Å². The lowest BCUT2D eigenvalue weighted by Gasteiger charge is -2.63. The molecule has 1 aromatic carbocycles. The second-order valence-corrected chi connectivity index (χ2v) is 10.7. The second kappa shape index (κ2) is 7.70. The predicted molar refractivity (Wildman–Crippen MR) is 129 cm³/mol. The third kappa shape index (κ3) is 2.61. The van der Waals surface area contributed by atoms with E-state index in [-0.39, 0.29) is 6.04 Å². The molecule has 8 nitrogen and oxygen atoms in total. The van der Waals surface area contributed by atoms with E-state index in [1.807, 2.05) is 24.9 Å². The standard InChI is InChI=1S/C25H31BrN2O6/c1-6-23-8-7-10-28-11-9-24(19(23)28)15-12-16(26)18(32-4)13-17(15)27(3)20(24)25(31,22(30)33-5)21(23)34-14(2)29/h7-8,12-13,19-21,31H,6,9-11H2,1-5H3/t19-,20-,21-,23-,24+,25+/m1/s1. The van der Waals surface area contributed by atoms with E-state index < -0.39 is 40.5 Å². The average Bonchev–Trinajstić information content (AvgIpc) is 3.32. The molecule has 34 heavy (non-hydrogen) atoms. The van der Waals surface area contributed by atoms with Crippen molar-refractivity contribution in [2.75, 3.05) is 39.3 Å². The number of halogens is 1. The number of aliphatic hydroxyl groups is 1. The van der Waals surface area contributed by atoms with Crippen LogP contribution in [0.15, 0.2) is 28.8 Å². The number of likely N-dealkylation sites (N-methyl/N-ethyl adjacent to an activating group) is 1. The maximum atomic E-state index is 13.6. The maximum Gasteiger partial charge on any atom is 0.344 e. The summed E-state index contributed by atoms with van der Waals surface area (Å²) in [5.74, 6) is -0.671. The minimum atomic E-state index is -2.10. The van der Waals surface area contributed by atoms with Crippen molar-refractivity contribution in [1.29, 1.82) is 0 Å². The Morgan fingerprint density at radius 2 is 2.00 bits per heavy atom. The van der Waals surface area contributed by atoms with Gasteiger partial charge in [-0.2, -0.15) is 0 Å². The zero-order valence-corrected chi connectivity index (χ0v) is 21.7. The SMILES string of the molecule is CC[C@]12C=CCN3CC[C@]4(c5cc(Br)c(OC)cc5N(C)[C@H]4[C@@](O)(C(=O)OC)[C@@H]1OC(C)=O)[C@H]32. The van der Waals surface area contributed by atoms with E-state index in [9.17, 15) is 14.7 Å². The fourth-order valence-corrected chi connectivity index (χ4v) is 8.22. The van der Waals surface area contributed by atoms with E-state index >= 15 is 0 Å². The van der Waals surface area contributed by atoms with Gasteiger partial charge in [0.15, 0.2) is 6.10 Å². The number of fused-ring (bicyclic) bond motifs is 1. The van der Waals surface area contributed by atoms with Gasteiger partial charge in [-0.25, -0.2) is 4.79 Å². The molecule has 9 heteroatoms. The fraction of sp³-hybridized carbons (Fsp3) is 0.600. The first-order valence-corrected chi connectivity index (χ1v) is 12.4. The zero-order valence-electron chi connectivity index (χ0n) is 20.1. The van der Waals surface area contributed by atoms with Crippen molar-refractivity contribution in [3.8, 4) is 5.75 Å². The van der Waals surface area contributed by atoms with Gasteiger partial charge >= 0.3 is 11.9 Å². The first kappa shape index (κ1) is 23.6. The molecular weight excluding hydrogens is 504 g/mol. The average molecular weight is 535 g/mol. The van der Waals surface area contributed by atoms with E-state index in [0.717, 1.165) is 35.2 Å².